The van der Waals surface area contributed by atoms with E-state index in [1.54, 1.807) is 6.07 Å². The Labute approximate surface area is 164 Å². The molecule has 154 valence electrons. The topological polar surface area (TPSA) is 72.8 Å². The van der Waals surface area contributed by atoms with E-state index in [0.717, 1.165) is 16.9 Å². The smallest absolute Gasteiger partial charge is 0.414 e. The number of carbonyl (C=O) groups excluding carboxylic acids is 2. The van der Waals surface area contributed by atoms with Gasteiger partial charge in [-0.25, -0.2) is 4.79 Å². The van der Waals surface area contributed by atoms with E-state index in [9.17, 15) is 22.8 Å². The number of benzene rings is 1. The Bertz CT molecular complexity index is 941. The molecule has 2 aromatic rings. The van der Waals surface area contributed by atoms with Crippen molar-refractivity contribution < 1.29 is 32.2 Å². The molecule has 29 heavy (non-hydrogen) atoms. The minimum atomic E-state index is -4.58. The quantitative estimate of drug-likeness (QED) is 0.843. The van der Waals surface area contributed by atoms with Crippen LogP contribution in [0, 0.1) is 0 Å². The van der Waals surface area contributed by atoms with Crippen LogP contribution in [0.2, 0.25) is 0 Å². The number of amides is 2. The highest BCUT2D eigenvalue weighted by Crippen LogP contribution is 2.30. The SMILES string of the molecule is O=C(CC(F)(F)F)NC[C@H]1CN(c2ccc3c(c2)-n2cccc2COC3)C(=O)O1. The monoisotopic (exact) mass is 409 g/mol. The van der Waals surface area contributed by atoms with Gasteiger partial charge in [0.1, 0.15) is 12.5 Å². The summed E-state index contributed by atoms with van der Waals surface area (Å²) in [6, 6.07) is 9.34. The van der Waals surface area contributed by atoms with Gasteiger partial charge in [-0.1, -0.05) is 6.07 Å². The lowest BCUT2D eigenvalue weighted by atomic mass is 10.1. The summed E-state index contributed by atoms with van der Waals surface area (Å²) in [4.78, 5) is 25.0. The Balaban J connectivity index is 1.46. The van der Waals surface area contributed by atoms with Crippen molar-refractivity contribution in [2.24, 2.45) is 0 Å². The summed E-state index contributed by atoms with van der Waals surface area (Å²) in [5.41, 5.74) is 3.43. The minimum absolute atomic E-state index is 0.124. The van der Waals surface area contributed by atoms with Gasteiger partial charge in [0.15, 0.2) is 0 Å². The van der Waals surface area contributed by atoms with Crippen molar-refractivity contribution in [2.75, 3.05) is 18.0 Å². The van der Waals surface area contributed by atoms with E-state index in [-0.39, 0.29) is 13.1 Å². The van der Waals surface area contributed by atoms with Crippen molar-refractivity contribution in [3.8, 4) is 5.69 Å². The van der Waals surface area contributed by atoms with Crippen LogP contribution in [0.4, 0.5) is 23.7 Å². The van der Waals surface area contributed by atoms with Gasteiger partial charge in [-0.05, 0) is 24.3 Å². The van der Waals surface area contributed by atoms with Crippen molar-refractivity contribution in [2.45, 2.75) is 31.9 Å². The van der Waals surface area contributed by atoms with Gasteiger partial charge in [-0.3, -0.25) is 9.69 Å². The van der Waals surface area contributed by atoms with Gasteiger partial charge in [0.2, 0.25) is 5.91 Å². The zero-order valence-electron chi connectivity index (χ0n) is 15.2. The number of rotatable bonds is 4. The van der Waals surface area contributed by atoms with E-state index < -0.39 is 30.7 Å². The number of ether oxygens (including phenoxy) is 2. The third kappa shape index (κ3) is 4.21. The number of hydrogen-bond acceptors (Lipinski definition) is 4. The summed E-state index contributed by atoms with van der Waals surface area (Å²) >= 11 is 0. The molecule has 2 aliphatic rings. The van der Waals surface area contributed by atoms with E-state index >= 15 is 0 Å². The molecule has 1 aromatic heterocycles. The highest BCUT2D eigenvalue weighted by atomic mass is 19.4. The van der Waals surface area contributed by atoms with Crippen LogP contribution in [-0.2, 0) is 27.5 Å². The molecular formula is C19H18F3N3O4. The van der Waals surface area contributed by atoms with Crippen LogP contribution < -0.4 is 10.2 Å². The maximum Gasteiger partial charge on any atom is 0.414 e. The van der Waals surface area contributed by atoms with Crippen molar-refractivity contribution in [1.82, 2.24) is 9.88 Å². The molecule has 0 radical (unpaired) electrons. The van der Waals surface area contributed by atoms with Crippen LogP contribution in [0.3, 0.4) is 0 Å². The number of fused-ring (bicyclic) bond motifs is 3. The largest absolute Gasteiger partial charge is 0.442 e. The zero-order chi connectivity index (χ0) is 20.6. The van der Waals surface area contributed by atoms with Crippen LogP contribution in [-0.4, -0.2) is 41.9 Å². The molecule has 2 amide bonds. The van der Waals surface area contributed by atoms with Crippen LogP contribution >= 0.6 is 0 Å². The van der Waals surface area contributed by atoms with Gasteiger partial charge in [-0.2, -0.15) is 13.2 Å². The minimum Gasteiger partial charge on any atom is -0.442 e. The van der Waals surface area contributed by atoms with E-state index in [4.69, 9.17) is 9.47 Å². The molecule has 0 saturated carbocycles. The first kappa shape index (κ1) is 19.3. The third-order valence-corrected chi connectivity index (χ3v) is 4.74. The standard InChI is InChI=1S/C19H18F3N3O4/c20-19(21,22)7-17(26)23-8-15-9-25(18(27)29-15)13-4-3-12-10-28-11-14-2-1-5-24(14)16(12)6-13/h1-6,15H,7-11H2,(H,23,26)/t15-/m0/s1. The first-order valence-corrected chi connectivity index (χ1v) is 8.99. The number of hydrogen-bond donors (Lipinski definition) is 1. The average molecular weight is 409 g/mol. The highest BCUT2D eigenvalue weighted by molar-refractivity contribution is 5.90. The normalized spacial score (nSPS) is 18.7. The summed E-state index contributed by atoms with van der Waals surface area (Å²) in [6.45, 7) is 0.856. The number of aromatic nitrogens is 1. The van der Waals surface area contributed by atoms with Crippen molar-refractivity contribution in [1.29, 1.82) is 0 Å². The van der Waals surface area contributed by atoms with Gasteiger partial charge in [0.05, 0.1) is 32.0 Å². The van der Waals surface area contributed by atoms with E-state index in [1.807, 2.05) is 35.0 Å². The Kier molecular flexibility index (Phi) is 4.95. The van der Waals surface area contributed by atoms with Crippen molar-refractivity contribution >= 4 is 17.7 Å². The second-order valence-corrected chi connectivity index (χ2v) is 6.89. The molecule has 3 heterocycles. The lowest BCUT2D eigenvalue weighted by Gasteiger charge is -2.17. The molecule has 1 atom stereocenters. The molecule has 0 spiro atoms. The number of nitrogens with zero attached hydrogens (tertiary/aromatic N) is 2. The first-order valence-electron chi connectivity index (χ1n) is 8.99. The maximum atomic E-state index is 12.3. The molecule has 0 unspecified atom stereocenters. The molecule has 4 rings (SSSR count). The van der Waals surface area contributed by atoms with Crippen LogP contribution in [0.25, 0.3) is 5.69 Å². The predicted molar refractivity (Wildman–Crippen MR) is 95.6 cm³/mol. The number of carbonyl (C=O) groups is 2. The summed E-state index contributed by atoms with van der Waals surface area (Å²) < 4.78 is 49.5. The van der Waals surface area contributed by atoms with Gasteiger partial charge >= 0.3 is 12.3 Å². The zero-order valence-corrected chi connectivity index (χ0v) is 15.2. The summed E-state index contributed by atoms with van der Waals surface area (Å²) in [5.74, 6) is -1.16. The molecule has 2 aliphatic heterocycles. The predicted octanol–water partition coefficient (Wildman–Crippen LogP) is 2.90. The Morgan fingerprint density at radius 1 is 1.24 bits per heavy atom. The second-order valence-electron chi connectivity index (χ2n) is 6.89. The lowest BCUT2D eigenvalue weighted by molar-refractivity contribution is -0.154. The van der Waals surface area contributed by atoms with E-state index in [1.165, 1.54) is 4.90 Å². The maximum absolute atomic E-state index is 12.3. The van der Waals surface area contributed by atoms with Crippen LogP contribution in [0.5, 0.6) is 0 Å². The molecule has 1 N–H and O–H groups in total. The van der Waals surface area contributed by atoms with Gasteiger partial charge < -0.3 is 19.4 Å². The lowest BCUT2D eigenvalue weighted by Crippen LogP contribution is -2.36. The molecule has 0 aliphatic carbocycles. The van der Waals surface area contributed by atoms with Gasteiger partial charge in [-0.15, -0.1) is 0 Å². The van der Waals surface area contributed by atoms with Gasteiger partial charge in [0, 0.05) is 23.1 Å². The number of nitrogens with one attached hydrogen (secondary N) is 1. The van der Waals surface area contributed by atoms with Crippen molar-refractivity contribution in [3.05, 3.63) is 47.8 Å². The molecule has 0 bridgehead atoms. The Hall–Kier alpha value is -3.01. The Morgan fingerprint density at radius 2 is 2.07 bits per heavy atom. The molecule has 10 heteroatoms. The summed E-state index contributed by atoms with van der Waals surface area (Å²) in [7, 11) is 0. The number of anilines is 1. The molecule has 1 fully saturated rings. The van der Waals surface area contributed by atoms with Crippen LogP contribution in [0.1, 0.15) is 17.7 Å². The fourth-order valence-electron chi connectivity index (χ4n) is 3.41. The Morgan fingerprint density at radius 3 is 2.86 bits per heavy atom. The molecule has 1 aromatic carbocycles. The third-order valence-electron chi connectivity index (χ3n) is 4.74. The second kappa shape index (κ2) is 7.43. The molecule has 1 saturated heterocycles. The van der Waals surface area contributed by atoms with Crippen molar-refractivity contribution in [3.63, 3.8) is 0 Å². The van der Waals surface area contributed by atoms with Gasteiger partial charge in [0.25, 0.3) is 0 Å². The fourth-order valence-corrected chi connectivity index (χ4v) is 3.41. The highest BCUT2D eigenvalue weighted by Gasteiger charge is 2.35. The summed E-state index contributed by atoms with van der Waals surface area (Å²) in [5, 5.41) is 2.16. The number of cyclic esters (lactones) is 1. The summed E-state index contributed by atoms with van der Waals surface area (Å²) in [6.07, 6.45) is -5.58. The van der Waals surface area contributed by atoms with E-state index in [0.29, 0.717) is 18.9 Å². The molecular weight excluding hydrogens is 391 g/mol. The molecule has 7 nitrogen and oxygen atoms in total. The fraction of sp³-hybridized carbons (Fsp3) is 0.368. The average Bonchev–Trinajstić information content (AvgIpc) is 3.21. The number of alkyl halides is 3. The van der Waals surface area contributed by atoms with E-state index in [2.05, 4.69) is 5.32 Å². The van der Waals surface area contributed by atoms with Crippen LogP contribution in [0.15, 0.2) is 36.5 Å². The first-order chi connectivity index (χ1) is 13.8. The number of halogens is 3.